The first-order valence-electron chi connectivity index (χ1n) is 8.12. The molecule has 0 bridgehead atoms. The van der Waals surface area contributed by atoms with Crippen molar-refractivity contribution in [3.8, 4) is 11.1 Å². The van der Waals surface area contributed by atoms with Crippen molar-refractivity contribution in [1.29, 1.82) is 0 Å². The van der Waals surface area contributed by atoms with Crippen LogP contribution in [0.2, 0.25) is 0 Å². The van der Waals surface area contributed by atoms with Gasteiger partial charge in [0, 0.05) is 0 Å². The van der Waals surface area contributed by atoms with Crippen molar-refractivity contribution >= 4 is 27.1 Å². The van der Waals surface area contributed by atoms with Crippen molar-refractivity contribution in [2.75, 3.05) is 0 Å². The van der Waals surface area contributed by atoms with Gasteiger partial charge in [-0.15, -0.1) is 0 Å². The Morgan fingerprint density at radius 1 is 0.625 bits per heavy atom. The van der Waals surface area contributed by atoms with Crippen molar-refractivity contribution in [3.63, 3.8) is 0 Å². The number of benzene rings is 4. The summed E-state index contributed by atoms with van der Waals surface area (Å²) >= 11 is 0. The number of hydrogen-bond donors (Lipinski definition) is 0. The second-order valence-electron chi connectivity index (χ2n) is 5.94. The minimum Gasteiger partial charge on any atom is -0.0985 e. The Balaban J connectivity index is 2.28. The van der Waals surface area contributed by atoms with E-state index < -0.39 is 0 Å². The molecule has 0 saturated heterocycles. The number of fused-ring (bicyclic) bond motifs is 2. The minimum absolute atomic E-state index is 0.960. The zero-order chi connectivity index (χ0) is 16.5. The number of hydrogen-bond acceptors (Lipinski definition) is 0. The van der Waals surface area contributed by atoms with E-state index in [0.29, 0.717) is 0 Å². The molecule has 0 aliphatic heterocycles. The lowest BCUT2D eigenvalue weighted by Crippen LogP contribution is -1.91. The average molecular weight is 306 g/mol. The van der Waals surface area contributed by atoms with Crippen LogP contribution in [0.1, 0.15) is 5.56 Å². The first kappa shape index (κ1) is 14.5. The molecular weight excluding hydrogens is 288 g/mol. The second kappa shape index (κ2) is 5.82. The molecule has 0 nitrogen and oxygen atoms in total. The predicted octanol–water partition coefficient (Wildman–Crippen LogP) is 6.86. The Bertz CT molecular complexity index is 1010. The first-order valence-corrected chi connectivity index (χ1v) is 8.12. The fourth-order valence-corrected chi connectivity index (χ4v) is 3.49. The molecule has 0 amide bonds. The van der Waals surface area contributed by atoms with Crippen molar-refractivity contribution < 1.29 is 0 Å². The summed E-state index contributed by atoms with van der Waals surface area (Å²) in [4.78, 5) is 0. The van der Waals surface area contributed by atoms with Crippen LogP contribution in [0.4, 0.5) is 0 Å². The molecule has 0 unspecified atom stereocenters. The monoisotopic (exact) mass is 306 g/mol. The Kier molecular flexibility index (Phi) is 3.51. The van der Waals surface area contributed by atoms with E-state index >= 15 is 0 Å². The first-order chi connectivity index (χ1) is 11.8. The van der Waals surface area contributed by atoms with Crippen LogP contribution in [0.3, 0.4) is 0 Å². The average Bonchev–Trinajstić information content (AvgIpc) is 2.66. The van der Waals surface area contributed by atoms with Gasteiger partial charge in [-0.3, -0.25) is 0 Å². The van der Waals surface area contributed by atoms with Crippen LogP contribution in [-0.2, 0) is 0 Å². The van der Waals surface area contributed by atoms with Gasteiger partial charge in [-0.1, -0.05) is 98.1 Å². The van der Waals surface area contributed by atoms with Gasteiger partial charge < -0.3 is 0 Å². The summed E-state index contributed by atoms with van der Waals surface area (Å²) in [5.41, 5.74) is 4.65. The summed E-state index contributed by atoms with van der Waals surface area (Å²) in [6.07, 6.45) is 1.84. The van der Waals surface area contributed by atoms with Gasteiger partial charge in [-0.25, -0.2) is 0 Å². The molecule has 0 N–H and O–H groups in total. The van der Waals surface area contributed by atoms with Gasteiger partial charge in [0.05, 0.1) is 0 Å². The Morgan fingerprint density at radius 2 is 1.08 bits per heavy atom. The third kappa shape index (κ3) is 2.16. The number of rotatable bonds is 3. The number of allylic oxidation sites excluding steroid dienone is 2. The van der Waals surface area contributed by atoms with E-state index in [2.05, 4.69) is 92.0 Å². The molecule has 0 heteroatoms. The van der Waals surface area contributed by atoms with Crippen LogP contribution < -0.4 is 0 Å². The van der Waals surface area contributed by atoms with E-state index in [1.165, 1.54) is 38.2 Å². The summed E-state index contributed by atoms with van der Waals surface area (Å²) in [5.74, 6) is 0. The van der Waals surface area contributed by atoms with E-state index in [9.17, 15) is 0 Å². The summed E-state index contributed by atoms with van der Waals surface area (Å²) in [7, 11) is 0. The minimum atomic E-state index is 0.960. The quantitative estimate of drug-likeness (QED) is 0.286. The molecule has 0 atom stereocenters. The van der Waals surface area contributed by atoms with E-state index in [0.717, 1.165) is 5.57 Å². The van der Waals surface area contributed by atoms with Crippen molar-refractivity contribution in [2.24, 2.45) is 0 Å². The highest BCUT2D eigenvalue weighted by Crippen LogP contribution is 2.41. The molecular formula is C24H18. The molecule has 0 aliphatic carbocycles. The smallest absolute Gasteiger partial charge is 0.00264 e. The summed E-state index contributed by atoms with van der Waals surface area (Å²) in [5, 5.41) is 4.95. The second-order valence-corrected chi connectivity index (χ2v) is 5.94. The van der Waals surface area contributed by atoms with Crippen LogP contribution in [-0.4, -0.2) is 0 Å². The van der Waals surface area contributed by atoms with Gasteiger partial charge in [0.1, 0.15) is 0 Å². The van der Waals surface area contributed by atoms with Gasteiger partial charge in [0.25, 0.3) is 0 Å². The molecule has 0 saturated carbocycles. The summed E-state index contributed by atoms with van der Waals surface area (Å²) in [6, 6.07) is 27.7. The molecule has 4 rings (SSSR count). The van der Waals surface area contributed by atoms with Crippen LogP contribution in [0.25, 0.3) is 38.2 Å². The van der Waals surface area contributed by atoms with Crippen molar-refractivity contribution in [3.05, 3.63) is 104 Å². The third-order valence-corrected chi connectivity index (χ3v) is 4.56. The zero-order valence-corrected chi connectivity index (χ0v) is 13.5. The lowest BCUT2D eigenvalue weighted by Gasteiger charge is -2.17. The molecule has 0 aliphatic rings. The highest BCUT2D eigenvalue weighted by Gasteiger charge is 2.15. The van der Waals surface area contributed by atoms with Crippen molar-refractivity contribution in [1.82, 2.24) is 0 Å². The molecule has 0 aromatic heterocycles. The molecule has 0 radical (unpaired) electrons. The van der Waals surface area contributed by atoms with E-state index in [1.807, 2.05) is 6.08 Å². The molecule has 0 fully saturated rings. The van der Waals surface area contributed by atoms with Gasteiger partial charge in [-0.05, 0) is 43.8 Å². The Morgan fingerprint density at radius 3 is 1.58 bits per heavy atom. The maximum atomic E-state index is 4.23. The maximum Gasteiger partial charge on any atom is -0.00264 e. The SMILES string of the molecule is C=CC(=C)c1c2ccccc2c(-c2ccccc2)c2ccccc12. The molecule has 24 heavy (non-hydrogen) atoms. The van der Waals surface area contributed by atoms with Crippen LogP contribution in [0.5, 0.6) is 0 Å². The van der Waals surface area contributed by atoms with Gasteiger partial charge in [-0.2, -0.15) is 0 Å². The normalized spacial score (nSPS) is 10.8. The maximum absolute atomic E-state index is 4.23. The van der Waals surface area contributed by atoms with Crippen molar-refractivity contribution in [2.45, 2.75) is 0 Å². The fourth-order valence-electron chi connectivity index (χ4n) is 3.49. The topological polar surface area (TPSA) is 0 Å². The molecule has 0 spiro atoms. The highest BCUT2D eigenvalue weighted by molar-refractivity contribution is 6.19. The van der Waals surface area contributed by atoms with Crippen LogP contribution in [0, 0.1) is 0 Å². The van der Waals surface area contributed by atoms with Gasteiger partial charge in [0.2, 0.25) is 0 Å². The predicted molar refractivity (Wildman–Crippen MR) is 106 cm³/mol. The summed E-state index contributed by atoms with van der Waals surface area (Å²) in [6.45, 7) is 8.16. The highest BCUT2D eigenvalue weighted by atomic mass is 14.2. The summed E-state index contributed by atoms with van der Waals surface area (Å²) < 4.78 is 0. The standard InChI is InChI=1S/C24H18/c1-3-17(2)23-19-13-7-9-15-21(19)24(18-11-5-4-6-12-18)22-16-10-8-14-20(22)23/h3-16H,1-2H2. The van der Waals surface area contributed by atoms with Gasteiger partial charge in [0.15, 0.2) is 0 Å². The van der Waals surface area contributed by atoms with E-state index in [4.69, 9.17) is 0 Å². The third-order valence-electron chi connectivity index (χ3n) is 4.56. The zero-order valence-electron chi connectivity index (χ0n) is 13.5. The van der Waals surface area contributed by atoms with E-state index in [-0.39, 0.29) is 0 Å². The Labute approximate surface area is 142 Å². The lowest BCUT2D eigenvalue weighted by molar-refractivity contribution is 1.66. The van der Waals surface area contributed by atoms with Crippen LogP contribution >= 0.6 is 0 Å². The molecule has 4 aromatic rings. The van der Waals surface area contributed by atoms with E-state index in [1.54, 1.807) is 0 Å². The molecule has 4 aromatic carbocycles. The molecule has 0 heterocycles. The lowest BCUT2D eigenvalue weighted by atomic mass is 9.86. The fraction of sp³-hybridized carbons (Fsp3) is 0. The van der Waals surface area contributed by atoms with Gasteiger partial charge >= 0.3 is 0 Å². The van der Waals surface area contributed by atoms with Crippen LogP contribution in [0.15, 0.2) is 98.1 Å². The largest absolute Gasteiger partial charge is 0.0985 e. The molecule has 114 valence electrons. The Hall–Kier alpha value is -3.12.